The first-order valence-electron chi connectivity index (χ1n) is 10.8. The number of benzene rings is 1. The molecule has 1 amide bonds. The Kier molecular flexibility index (Phi) is 6.35. The van der Waals surface area contributed by atoms with Gasteiger partial charge in [0.25, 0.3) is 11.2 Å². The number of non-ortho nitro benzene ring substituents is 1. The first kappa shape index (κ1) is 24.1. The third kappa shape index (κ3) is 4.63. The van der Waals surface area contributed by atoms with Gasteiger partial charge in [0.1, 0.15) is 5.60 Å². The highest BCUT2D eigenvalue weighted by Crippen LogP contribution is 2.36. The topological polar surface area (TPSA) is 99.6 Å². The Balaban J connectivity index is 1.66. The van der Waals surface area contributed by atoms with Crippen LogP contribution in [0.5, 0.6) is 0 Å². The van der Waals surface area contributed by atoms with Crippen LogP contribution in [0, 0.1) is 10.1 Å². The van der Waals surface area contributed by atoms with Crippen LogP contribution in [0.3, 0.4) is 0 Å². The van der Waals surface area contributed by atoms with Crippen molar-refractivity contribution in [1.82, 2.24) is 14.0 Å². The van der Waals surface area contributed by atoms with Crippen molar-refractivity contribution < 1.29 is 14.5 Å². The van der Waals surface area contributed by atoms with Crippen LogP contribution in [-0.2, 0) is 4.74 Å². The maximum absolute atomic E-state index is 12.9. The number of halogens is 2. The normalized spacial score (nSPS) is 15.0. The number of rotatable bonds is 3. The third-order valence-corrected chi connectivity index (χ3v) is 6.30. The Morgan fingerprint density at radius 2 is 1.71 bits per heavy atom. The second-order valence-corrected chi connectivity index (χ2v) is 10.0. The summed E-state index contributed by atoms with van der Waals surface area (Å²) in [4.78, 5) is 37.5. The number of nitro benzene ring substituents is 1. The molecule has 9 nitrogen and oxygen atoms in total. The zero-order valence-corrected chi connectivity index (χ0v) is 20.5. The van der Waals surface area contributed by atoms with Gasteiger partial charge in [-0.25, -0.2) is 4.79 Å². The van der Waals surface area contributed by atoms with Crippen molar-refractivity contribution in [3.8, 4) is 5.69 Å². The van der Waals surface area contributed by atoms with Gasteiger partial charge in [-0.15, -0.1) is 0 Å². The van der Waals surface area contributed by atoms with Gasteiger partial charge in [-0.3, -0.25) is 14.9 Å². The summed E-state index contributed by atoms with van der Waals surface area (Å²) in [6, 6.07) is 7.34. The molecular weight excluding hydrogens is 483 g/mol. The molecule has 4 rings (SSSR count). The summed E-state index contributed by atoms with van der Waals surface area (Å²) in [5.74, 6) is 0. The van der Waals surface area contributed by atoms with Crippen molar-refractivity contribution in [2.45, 2.75) is 45.3 Å². The molecule has 0 N–H and O–H groups in total. The molecule has 1 saturated heterocycles. The highest BCUT2D eigenvalue weighted by atomic mass is 35.5. The van der Waals surface area contributed by atoms with Gasteiger partial charge < -0.3 is 18.8 Å². The van der Waals surface area contributed by atoms with Gasteiger partial charge in [0.05, 0.1) is 31.7 Å². The summed E-state index contributed by atoms with van der Waals surface area (Å²) >= 11 is 12.7. The average Bonchev–Trinajstić information content (AvgIpc) is 3.15. The number of pyridine rings is 1. The van der Waals surface area contributed by atoms with Crippen LogP contribution in [0.4, 0.5) is 10.5 Å². The number of likely N-dealkylation sites (tertiary alicyclic amines) is 1. The third-order valence-electron chi connectivity index (χ3n) is 5.72. The highest BCUT2D eigenvalue weighted by Gasteiger charge is 2.29. The molecule has 0 atom stereocenters. The fraction of sp³-hybridized carbons (Fsp3) is 0.391. The lowest BCUT2D eigenvalue weighted by molar-refractivity contribution is -0.384. The molecule has 1 aliphatic rings. The second kappa shape index (κ2) is 8.96. The predicted octanol–water partition coefficient (Wildman–Crippen LogP) is 5.58. The van der Waals surface area contributed by atoms with E-state index in [0.29, 0.717) is 42.7 Å². The number of aromatic nitrogens is 2. The van der Waals surface area contributed by atoms with Gasteiger partial charge in [0.2, 0.25) is 0 Å². The molecule has 2 aromatic heterocycles. The zero-order chi connectivity index (χ0) is 24.8. The quantitative estimate of drug-likeness (QED) is 0.341. The number of piperidine rings is 1. The van der Waals surface area contributed by atoms with Crippen molar-refractivity contribution in [1.29, 1.82) is 0 Å². The molecule has 0 radical (unpaired) electrons. The number of fused-ring (bicyclic) bond motifs is 1. The van der Waals surface area contributed by atoms with Gasteiger partial charge in [0.15, 0.2) is 0 Å². The molecule has 1 aliphatic heterocycles. The maximum Gasteiger partial charge on any atom is 0.410 e. The highest BCUT2D eigenvalue weighted by molar-refractivity contribution is 6.38. The summed E-state index contributed by atoms with van der Waals surface area (Å²) in [6.45, 7) is 6.43. The summed E-state index contributed by atoms with van der Waals surface area (Å²) in [5.41, 5.74) is 0.847. The van der Waals surface area contributed by atoms with E-state index in [9.17, 15) is 19.7 Å². The first-order chi connectivity index (χ1) is 16.0. The van der Waals surface area contributed by atoms with E-state index in [1.54, 1.807) is 32.4 Å². The fourth-order valence-electron chi connectivity index (χ4n) is 4.25. The molecule has 3 aromatic rings. The number of nitro groups is 1. The molecule has 0 saturated carbocycles. The van der Waals surface area contributed by atoms with E-state index in [0.717, 1.165) is 0 Å². The van der Waals surface area contributed by atoms with Crippen LogP contribution in [-0.4, -0.2) is 43.7 Å². The van der Waals surface area contributed by atoms with E-state index < -0.39 is 10.5 Å². The van der Waals surface area contributed by atoms with Gasteiger partial charge in [-0.1, -0.05) is 23.2 Å². The Morgan fingerprint density at radius 1 is 1.09 bits per heavy atom. The van der Waals surface area contributed by atoms with Gasteiger partial charge in [0, 0.05) is 43.5 Å². The van der Waals surface area contributed by atoms with Crippen molar-refractivity contribution in [2.24, 2.45) is 0 Å². The molecular formula is C23H24Cl2N4O5. The predicted molar refractivity (Wildman–Crippen MR) is 130 cm³/mol. The molecule has 180 valence electrons. The second-order valence-electron chi connectivity index (χ2n) is 9.21. The molecule has 34 heavy (non-hydrogen) atoms. The molecule has 1 fully saturated rings. The number of hydrogen-bond acceptors (Lipinski definition) is 5. The Morgan fingerprint density at radius 3 is 2.26 bits per heavy atom. The van der Waals surface area contributed by atoms with E-state index in [1.807, 2.05) is 20.8 Å². The smallest absolute Gasteiger partial charge is 0.410 e. The minimum absolute atomic E-state index is 0.103. The van der Waals surface area contributed by atoms with Gasteiger partial charge in [-0.2, -0.15) is 0 Å². The first-order valence-corrected chi connectivity index (χ1v) is 11.6. The Bertz CT molecular complexity index is 1310. The molecule has 0 unspecified atom stereocenters. The van der Waals surface area contributed by atoms with Crippen molar-refractivity contribution in [3.63, 3.8) is 0 Å². The summed E-state index contributed by atoms with van der Waals surface area (Å²) in [6.07, 6.45) is 2.57. The van der Waals surface area contributed by atoms with Crippen LogP contribution < -0.4 is 5.56 Å². The Hall–Kier alpha value is -3.04. The summed E-state index contributed by atoms with van der Waals surface area (Å²) in [7, 11) is 0. The summed E-state index contributed by atoms with van der Waals surface area (Å²) in [5, 5.41) is 11.4. The molecule has 3 heterocycles. The summed E-state index contributed by atoms with van der Waals surface area (Å²) < 4.78 is 8.90. The van der Waals surface area contributed by atoms with Crippen LogP contribution in [0.2, 0.25) is 10.0 Å². The molecule has 11 heteroatoms. The number of ether oxygens (including phenoxy) is 1. The van der Waals surface area contributed by atoms with Crippen LogP contribution in [0.1, 0.15) is 39.7 Å². The SMILES string of the molecule is CC(C)(C)OC(=O)N1CCC(n2c(=O)ccc3c2ccn3-c2c(Cl)cc([N+](=O)[O-])cc2Cl)CC1. The number of carbonyl (C=O) groups excluding carboxylic acids is 1. The fourth-order valence-corrected chi connectivity index (χ4v) is 4.90. The van der Waals surface area contributed by atoms with E-state index >= 15 is 0 Å². The molecule has 0 aliphatic carbocycles. The maximum atomic E-state index is 12.9. The zero-order valence-electron chi connectivity index (χ0n) is 19.0. The lowest BCUT2D eigenvalue weighted by Crippen LogP contribution is -2.43. The van der Waals surface area contributed by atoms with Crippen LogP contribution >= 0.6 is 23.2 Å². The Labute approximate surface area is 205 Å². The van der Waals surface area contributed by atoms with E-state index in [1.165, 1.54) is 18.2 Å². The van der Waals surface area contributed by atoms with Crippen molar-refractivity contribution >= 4 is 46.0 Å². The van der Waals surface area contributed by atoms with E-state index in [-0.39, 0.29) is 33.4 Å². The number of hydrogen-bond donors (Lipinski definition) is 0. The lowest BCUT2D eigenvalue weighted by Gasteiger charge is -2.34. The molecule has 1 aromatic carbocycles. The lowest BCUT2D eigenvalue weighted by atomic mass is 10.0. The number of carbonyl (C=O) groups is 1. The van der Waals surface area contributed by atoms with Crippen molar-refractivity contribution in [2.75, 3.05) is 13.1 Å². The molecule has 0 spiro atoms. The number of amides is 1. The van der Waals surface area contributed by atoms with Crippen LogP contribution in [0.15, 0.2) is 41.3 Å². The minimum Gasteiger partial charge on any atom is -0.444 e. The number of nitrogens with zero attached hydrogens (tertiary/aromatic N) is 4. The van der Waals surface area contributed by atoms with Crippen molar-refractivity contribution in [3.05, 3.63) is 67.0 Å². The van der Waals surface area contributed by atoms with Gasteiger partial charge in [-0.05, 0) is 45.7 Å². The minimum atomic E-state index is -0.570. The largest absolute Gasteiger partial charge is 0.444 e. The van der Waals surface area contributed by atoms with Crippen LogP contribution in [0.25, 0.3) is 16.7 Å². The standard InChI is InChI=1S/C23H24Cl2N4O5/c1-23(2,3)34-22(31)26-9-6-14(7-10-26)28-19-8-11-27(18(19)4-5-20(28)30)21-16(24)12-15(29(32)33)13-17(21)25/h4-5,8,11-14H,6-7,9-10H2,1-3H3. The van der Waals surface area contributed by atoms with E-state index in [2.05, 4.69) is 0 Å². The van der Waals surface area contributed by atoms with E-state index in [4.69, 9.17) is 27.9 Å². The average molecular weight is 507 g/mol. The van der Waals surface area contributed by atoms with Gasteiger partial charge >= 0.3 is 6.09 Å². The molecule has 0 bridgehead atoms. The monoisotopic (exact) mass is 506 g/mol.